The number of nitrogens with one attached hydrogen (secondary N) is 3. The number of hydrogen-bond donors (Lipinski definition) is 3. The van der Waals surface area contributed by atoms with Crippen LogP contribution in [0.4, 0.5) is 5.69 Å². The molecule has 0 aliphatic carbocycles. The molecule has 3 aromatic carbocycles. The van der Waals surface area contributed by atoms with E-state index in [1.165, 1.54) is 5.56 Å². The van der Waals surface area contributed by atoms with E-state index in [0.29, 0.717) is 5.56 Å². The van der Waals surface area contributed by atoms with Crippen LogP contribution in [0.5, 0.6) is 0 Å². The van der Waals surface area contributed by atoms with Crippen molar-refractivity contribution in [3.05, 3.63) is 89.5 Å². The average molecular weight is 409 g/mol. The summed E-state index contributed by atoms with van der Waals surface area (Å²) in [6, 6.07) is 24.7. The second kappa shape index (κ2) is 8.48. The maximum Gasteiger partial charge on any atom is 0.272 e. The first-order valence-electron chi connectivity index (χ1n) is 10.7. The molecular weight excluding hydrogens is 384 g/mol. The van der Waals surface area contributed by atoms with Gasteiger partial charge in [0, 0.05) is 28.7 Å². The first-order chi connectivity index (χ1) is 15.3. The van der Waals surface area contributed by atoms with Crippen LogP contribution >= 0.6 is 0 Å². The van der Waals surface area contributed by atoms with Crippen molar-refractivity contribution in [2.75, 3.05) is 11.9 Å². The number of benzene rings is 3. The van der Waals surface area contributed by atoms with Gasteiger partial charge in [-0.2, -0.15) is 5.10 Å². The fourth-order valence-electron chi connectivity index (χ4n) is 4.15. The second-order valence-corrected chi connectivity index (χ2v) is 7.79. The Bertz CT molecular complexity index is 1240. The molecule has 1 aliphatic heterocycles. The molecule has 0 saturated heterocycles. The zero-order valence-corrected chi connectivity index (χ0v) is 17.2. The third-order valence-corrected chi connectivity index (χ3v) is 5.67. The molecule has 154 valence electrons. The molecule has 3 N–H and O–H groups in total. The molecule has 5 heteroatoms. The number of amides is 1. The lowest BCUT2D eigenvalue weighted by molar-refractivity contribution is 0.0957. The maximum atomic E-state index is 12.7. The SMILES string of the molecule is O=C1NN=Cc2c(-c3ccccc3)[nH]c3cc(NCCCCc4ccccc4)cc1c23. The number of carbonyl (C=O) groups is 1. The summed E-state index contributed by atoms with van der Waals surface area (Å²) >= 11 is 0. The lowest BCUT2D eigenvalue weighted by Crippen LogP contribution is -2.16. The molecule has 0 atom stereocenters. The minimum atomic E-state index is -0.189. The number of hydrazone groups is 1. The Labute approximate surface area is 181 Å². The van der Waals surface area contributed by atoms with E-state index in [1.807, 2.05) is 30.3 Å². The van der Waals surface area contributed by atoms with E-state index in [-0.39, 0.29) is 5.91 Å². The van der Waals surface area contributed by atoms with Crippen LogP contribution in [0.15, 0.2) is 77.9 Å². The molecule has 0 saturated carbocycles. The van der Waals surface area contributed by atoms with Crippen LogP contribution in [0, 0.1) is 0 Å². The van der Waals surface area contributed by atoms with Crippen molar-refractivity contribution in [3.8, 4) is 11.3 Å². The Kier molecular flexibility index (Phi) is 5.23. The van der Waals surface area contributed by atoms with Gasteiger partial charge in [-0.15, -0.1) is 0 Å². The standard InChI is InChI=1S/C26H24N4O/c31-26-21-15-20(27-14-8-7-11-18-9-3-1-4-10-18)16-23-24(21)22(17-28-30-26)25(29-23)19-12-5-2-6-13-19/h1-6,9-10,12-13,15-17,27,29H,7-8,11,14H2,(H,30,31). The van der Waals surface area contributed by atoms with Gasteiger partial charge in [-0.1, -0.05) is 60.7 Å². The van der Waals surface area contributed by atoms with Gasteiger partial charge in [-0.05, 0) is 42.5 Å². The fourth-order valence-corrected chi connectivity index (χ4v) is 4.15. The predicted molar refractivity (Wildman–Crippen MR) is 127 cm³/mol. The Morgan fingerprint density at radius 3 is 2.48 bits per heavy atom. The van der Waals surface area contributed by atoms with Gasteiger partial charge in [0.15, 0.2) is 0 Å². The highest BCUT2D eigenvalue weighted by atomic mass is 16.2. The van der Waals surface area contributed by atoms with E-state index in [2.05, 4.69) is 63.3 Å². The minimum absolute atomic E-state index is 0.189. The first kappa shape index (κ1) is 19.1. The lowest BCUT2D eigenvalue weighted by Gasteiger charge is -2.09. The summed E-state index contributed by atoms with van der Waals surface area (Å²) in [5, 5.41) is 8.53. The first-order valence-corrected chi connectivity index (χ1v) is 10.7. The van der Waals surface area contributed by atoms with E-state index >= 15 is 0 Å². The smallest absolute Gasteiger partial charge is 0.272 e. The van der Waals surface area contributed by atoms with E-state index in [4.69, 9.17) is 0 Å². The summed E-state index contributed by atoms with van der Waals surface area (Å²) in [7, 11) is 0. The third-order valence-electron chi connectivity index (χ3n) is 5.67. The van der Waals surface area contributed by atoms with Crippen molar-refractivity contribution in [2.45, 2.75) is 19.3 Å². The predicted octanol–water partition coefficient (Wildman–Crippen LogP) is 5.35. The summed E-state index contributed by atoms with van der Waals surface area (Å²) in [6.45, 7) is 0.856. The van der Waals surface area contributed by atoms with E-state index in [9.17, 15) is 4.79 Å². The van der Waals surface area contributed by atoms with Gasteiger partial charge in [-0.3, -0.25) is 4.79 Å². The van der Waals surface area contributed by atoms with Crippen molar-refractivity contribution >= 4 is 28.7 Å². The van der Waals surface area contributed by atoms with Gasteiger partial charge in [0.2, 0.25) is 0 Å². The maximum absolute atomic E-state index is 12.7. The zero-order valence-electron chi connectivity index (χ0n) is 17.2. The van der Waals surface area contributed by atoms with E-state index < -0.39 is 0 Å². The Balaban J connectivity index is 1.38. The number of aromatic amines is 1. The highest BCUT2D eigenvalue weighted by molar-refractivity contribution is 6.17. The molecule has 0 fully saturated rings. The van der Waals surface area contributed by atoms with Gasteiger partial charge in [0.1, 0.15) is 0 Å². The Morgan fingerprint density at radius 2 is 1.68 bits per heavy atom. The Morgan fingerprint density at radius 1 is 0.903 bits per heavy atom. The van der Waals surface area contributed by atoms with Crippen molar-refractivity contribution < 1.29 is 4.79 Å². The van der Waals surface area contributed by atoms with Gasteiger partial charge < -0.3 is 10.3 Å². The van der Waals surface area contributed by atoms with Crippen LogP contribution in [0.25, 0.3) is 22.2 Å². The summed E-state index contributed by atoms with van der Waals surface area (Å²) in [5.41, 5.74) is 9.47. The number of unbranched alkanes of at least 4 members (excludes halogenated alkanes) is 1. The second-order valence-electron chi connectivity index (χ2n) is 7.79. The molecule has 0 radical (unpaired) electrons. The highest BCUT2D eigenvalue weighted by Gasteiger charge is 2.21. The molecule has 1 amide bonds. The number of rotatable bonds is 7. The van der Waals surface area contributed by atoms with Gasteiger partial charge in [0.05, 0.1) is 17.5 Å². The number of anilines is 1. The molecule has 2 heterocycles. The van der Waals surface area contributed by atoms with Crippen LogP contribution in [-0.4, -0.2) is 23.7 Å². The van der Waals surface area contributed by atoms with Crippen molar-refractivity contribution in [3.63, 3.8) is 0 Å². The largest absolute Gasteiger partial charge is 0.385 e. The molecular formula is C26H24N4O. The van der Waals surface area contributed by atoms with Crippen molar-refractivity contribution in [2.24, 2.45) is 5.10 Å². The molecule has 1 aromatic heterocycles. The van der Waals surface area contributed by atoms with E-state index in [1.54, 1.807) is 6.21 Å². The quantitative estimate of drug-likeness (QED) is 0.361. The van der Waals surface area contributed by atoms with Gasteiger partial charge in [-0.25, -0.2) is 5.43 Å². The minimum Gasteiger partial charge on any atom is -0.385 e. The molecule has 31 heavy (non-hydrogen) atoms. The Hall–Kier alpha value is -3.86. The highest BCUT2D eigenvalue weighted by Crippen LogP contribution is 2.34. The van der Waals surface area contributed by atoms with Crippen LogP contribution in [0.2, 0.25) is 0 Å². The van der Waals surface area contributed by atoms with Crippen molar-refractivity contribution in [1.82, 2.24) is 10.4 Å². The monoisotopic (exact) mass is 408 g/mol. The summed E-state index contributed by atoms with van der Waals surface area (Å²) < 4.78 is 0. The number of nitrogens with zero attached hydrogens (tertiary/aromatic N) is 1. The molecule has 1 aliphatic rings. The van der Waals surface area contributed by atoms with Crippen LogP contribution < -0.4 is 10.7 Å². The molecule has 4 aromatic rings. The molecule has 0 spiro atoms. The summed E-state index contributed by atoms with van der Waals surface area (Å²) in [4.78, 5) is 16.2. The van der Waals surface area contributed by atoms with Crippen molar-refractivity contribution in [1.29, 1.82) is 0 Å². The number of H-pyrrole nitrogens is 1. The van der Waals surface area contributed by atoms with E-state index in [0.717, 1.165) is 59.2 Å². The average Bonchev–Trinajstić information content (AvgIpc) is 3.09. The van der Waals surface area contributed by atoms with Gasteiger partial charge >= 0.3 is 0 Å². The fraction of sp³-hybridized carbons (Fsp3) is 0.154. The summed E-state index contributed by atoms with van der Waals surface area (Å²) in [5.74, 6) is -0.189. The number of carbonyl (C=O) groups excluding carboxylic acids is 1. The topological polar surface area (TPSA) is 69.3 Å². The van der Waals surface area contributed by atoms with Crippen LogP contribution in [0.3, 0.4) is 0 Å². The molecule has 5 nitrogen and oxygen atoms in total. The van der Waals surface area contributed by atoms with Crippen LogP contribution in [0.1, 0.15) is 34.3 Å². The molecule has 0 unspecified atom stereocenters. The zero-order chi connectivity index (χ0) is 21.0. The third kappa shape index (κ3) is 3.94. The molecule has 0 bridgehead atoms. The number of hydrogen-bond acceptors (Lipinski definition) is 3. The summed E-state index contributed by atoms with van der Waals surface area (Å²) in [6.07, 6.45) is 4.98. The number of aryl methyl sites for hydroxylation is 1. The van der Waals surface area contributed by atoms with Gasteiger partial charge in [0.25, 0.3) is 5.91 Å². The molecule has 5 rings (SSSR count). The van der Waals surface area contributed by atoms with Crippen LogP contribution in [-0.2, 0) is 6.42 Å². The number of aromatic nitrogens is 1. The normalized spacial score (nSPS) is 12.6. The lowest BCUT2D eigenvalue weighted by atomic mass is 10.0.